The molecule has 0 radical (unpaired) electrons. The van der Waals surface area contributed by atoms with Crippen LogP contribution in [0.2, 0.25) is 5.02 Å². The van der Waals surface area contributed by atoms with E-state index in [4.69, 9.17) is 16.3 Å². The van der Waals surface area contributed by atoms with E-state index in [1.54, 1.807) is 49.6 Å². The molecule has 3 aromatic carbocycles. The molecule has 0 spiro atoms. The van der Waals surface area contributed by atoms with Gasteiger partial charge >= 0.3 is 0 Å². The third-order valence-corrected chi connectivity index (χ3v) is 5.75. The van der Waals surface area contributed by atoms with Crippen LogP contribution in [-0.2, 0) is 9.59 Å². The molecule has 5 nitrogen and oxygen atoms in total. The fourth-order valence-electron chi connectivity index (χ4n) is 3.75. The third kappa shape index (κ3) is 3.87. The minimum absolute atomic E-state index is 0.228. The van der Waals surface area contributed by atoms with Crippen LogP contribution in [0.4, 0.5) is 11.4 Å². The number of ether oxygens (including phenoxy) is 1. The van der Waals surface area contributed by atoms with Crippen molar-refractivity contribution in [2.24, 2.45) is 0 Å². The number of aryl methyl sites for hydroxylation is 3. The number of rotatable bonds is 5. The molecule has 0 fully saturated rings. The molecule has 0 aliphatic carbocycles. The van der Waals surface area contributed by atoms with Crippen molar-refractivity contribution in [1.29, 1.82) is 0 Å². The van der Waals surface area contributed by atoms with Crippen molar-refractivity contribution in [3.05, 3.63) is 93.6 Å². The summed E-state index contributed by atoms with van der Waals surface area (Å²) < 4.78 is 5.24. The molecule has 32 heavy (non-hydrogen) atoms. The summed E-state index contributed by atoms with van der Waals surface area (Å²) in [6.45, 7) is 5.71. The lowest BCUT2D eigenvalue weighted by Crippen LogP contribution is -2.33. The topological polar surface area (TPSA) is 58.6 Å². The number of hydrogen-bond donors (Lipinski definition) is 1. The Labute approximate surface area is 192 Å². The number of amides is 2. The predicted molar refractivity (Wildman–Crippen MR) is 128 cm³/mol. The molecule has 0 unspecified atom stereocenters. The number of nitrogens with one attached hydrogen (secondary N) is 1. The predicted octanol–water partition coefficient (Wildman–Crippen LogP) is 5.67. The van der Waals surface area contributed by atoms with Crippen molar-refractivity contribution in [2.75, 3.05) is 17.3 Å². The molecule has 0 bridgehead atoms. The van der Waals surface area contributed by atoms with Crippen molar-refractivity contribution in [1.82, 2.24) is 0 Å². The van der Waals surface area contributed by atoms with Gasteiger partial charge in [0.25, 0.3) is 11.8 Å². The first-order valence-corrected chi connectivity index (χ1v) is 10.6. The highest BCUT2D eigenvalue weighted by Crippen LogP contribution is 2.36. The molecule has 1 heterocycles. The van der Waals surface area contributed by atoms with Gasteiger partial charge in [0.2, 0.25) is 0 Å². The van der Waals surface area contributed by atoms with Gasteiger partial charge in [-0.2, -0.15) is 0 Å². The largest absolute Gasteiger partial charge is 0.497 e. The van der Waals surface area contributed by atoms with Crippen LogP contribution in [-0.4, -0.2) is 18.9 Å². The van der Waals surface area contributed by atoms with Crippen molar-refractivity contribution >= 4 is 40.4 Å². The van der Waals surface area contributed by atoms with E-state index >= 15 is 0 Å². The molecule has 0 saturated carbocycles. The first kappa shape index (κ1) is 21.7. The number of halogens is 1. The van der Waals surface area contributed by atoms with E-state index in [-0.39, 0.29) is 11.6 Å². The maximum absolute atomic E-state index is 13.6. The molecule has 162 valence electrons. The standard InChI is InChI=1S/C26H23ClN2O3/c1-15-5-6-16(2)22(13-15)29-25(30)23(18-7-10-20(32-4)11-8-18)24(26(29)31)28-21-12-9-19(27)14-17(21)3/h5-14,28H,1-4H3. The molecular formula is C26H23ClN2O3. The average molecular weight is 447 g/mol. The Hall–Kier alpha value is -3.57. The monoisotopic (exact) mass is 446 g/mol. The van der Waals surface area contributed by atoms with E-state index in [1.165, 1.54) is 4.90 Å². The number of imide groups is 1. The highest BCUT2D eigenvalue weighted by Gasteiger charge is 2.41. The van der Waals surface area contributed by atoms with Gasteiger partial charge in [-0.1, -0.05) is 35.9 Å². The zero-order valence-electron chi connectivity index (χ0n) is 18.3. The maximum atomic E-state index is 13.6. The van der Waals surface area contributed by atoms with Gasteiger partial charge in [-0.25, -0.2) is 4.90 Å². The number of methoxy groups -OCH3 is 1. The Kier molecular flexibility index (Phi) is 5.76. The summed E-state index contributed by atoms with van der Waals surface area (Å²) in [5.74, 6) is -0.104. The van der Waals surface area contributed by atoms with Gasteiger partial charge in [0.15, 0.2) is 0 Å². The summed E-state index contributed by atoms with van der Waals surface area (Å²) in [7, 11) is 1.58. The zero-order chi connectivity index (χ0) is 23.0. The first-order valence-electron chi connectivity index (χ1n) is 10.2. The van der Waals surface area contributed by atoms with E-state index in [9.17, 15) is 9.59 Å². The molecule has 1 aliphatic heterocycles. The second-order valence-electron chi connectivity index (χ2n) is 7.80. The second kappa shape index (κ2) is 8.52. The van der Waals surface area contributed by atoms with Gasteiger partial charge in [0.05, 0.1) is 18.4 Å². The lowest BCUT2D eigenvalue weighted by Gasteiger charge is -2.18. The van der Waals surface area contributed by atoms with Crippen LogP contribution in [0.25, 0.3) is 5.57 Å². The fraction of sp³-hybridized carbons (Fsp3) is 0.154. The number of carbonyl (C=O) groups is 2. The van der Waals surface area contributed by atoms with Gasteiger partial charge < -0.3 is 10.1 Å². The van der Waals surface area contributed by atoms with E-state index < -0.39 is 5.91 Å². The molecule has 0 atom stereocenters. The third-order valence-electron chi connectivity index (χ3n) is 5.52. The zero-order valence-corrected chi connectivity index (χ0v) is 19.1. The minimum atomic E-state index is -0.399. The normalized spacial score (nSPS) is 13.7. The van der Waals surface area contributed by atoms with Gasteiger partial charge in [0.1, 0.15) is 11.4 Å². The molecule has 1 N–H and O–H groups in total. The Bertz CT molecular complexity index is 1260. The molecule has 0 saturated heterocycles. The van der Waals surface area contributed by atoms with Gasteiger partial charge in [-0.05, 0) is 79.4 Å². The first-order chi connectivity index (χ1) is 15.3. The smallest absolute Gasteiger partial charge is 0.282 e. The van der Waals surface area contributed by atoms with Crippen molar-refractivity contribution < 1.29 is 14.3 Å². The Balaban J connectivity index is 1.86. The summed E-state index contributed by atoms with van der Waals surface area (Å²) in [6, 6.07) is 18.2. The lowest BCUT2D eigenvalue weighted by atomic mass is 10.0. The van der Waals surface area contributed by atoms with Crippen LogP contribution in [0.3, 0.4) is 0 Å². The molecular weight excluding hydrogens is 424 g/mol. The van der Waals surface area contributed by atoms with Crippen LogP contribution >= 0.6 is 11.6 Å². The molecule has 0 aromatic heterocycles. The van der Waals surface area contributed by atoms with Gasteiger partial charge in [-0.15, -0.1) is 0 Å². The van der Waals surface area contributed by atoms with Crippen LogP contribution in [0.1, 0.15) is 22.3 Å². The van der Waals surface area contributed by atoms with Crippen molar-refractivity contribution in [3.8, 4) is 5.75 Å². The van der Waals surface area contributed by atoms with Crippen molar-refractivity contribution in [3.63, 3.8) is 0 Å². The molecule has 6 heteroatoms. The van der Waals surface area contributed by atoms with Crippen LogP contribution < -0.4 is 15.0 Å². The SMILES string of the molecule is COc1ccc(C2=C(Nc3ccc(Cl)cc3C)C(=O)N(c3cc(C)ccc3C)C2=O)cc1. The summed E-state index contributed by atoms with van der Waals surface area (Å²) in [5.41, 5.74) is 5.13. The van der Waals surface area contributed by atoms with E-state index in [0.717, 1.165) is 16.7 Å². The minimum Gasteiger partial charge on any atom is -0.497 e. The molecule has 2 amide bonds. The van der Waals surface area contributed by atoms with Gasteiger partial charge in [-0.3, -0.25) is 9.59 Å². The van der Waals surface area contributed by atoms with Crippen molar-refractivity contribution in [2.45, 2.75) is 20.8 Å². The van der Waals surface area contributed by atoms with Crippen LogP contribution in [0, 0.1) is 20.8 Å². The number of benzene rings is 3. The lowest BCUT2D eigenvalue weighted by molar-refractivity contribution is -0.120. The van der Waals surface area contributed by atoms with Crippen LogP contribution in [0.15, 0.2) is 66.4 Å². The highest BCUT2D eigenvalue weighted by atomic mass is 35.5. The Morgan fingerprint density at radius 3 is 2.22 bits per heavy atom. The fourth-order valence-corrected chi connectivity index (χ4v) is 3.98. The number of hydrogen-bond acceptors (Lipinski definition) is 4. The van der Waals surface area contributed by atoms with Gasteiger partial charge in [0, 0.05) is 10.7 Å². The maximum Gasteiger partial charge on any atom is 0.282 e. The van der Waals surface area contributed by atoms with Crippen LogP contribution in [0.5, 0.6) is 5.75 Å². The molecule has 4 rings (SSSR count). The van der Waals surface area contributed by atoms with E-state index in [1.807, 2.05) is 39.0 Å². The molecule has 1 aliphatic rings. The average Bonchev–Trinajstić information content (AvgIpc) is 3.01. The summed E-state index contributed by atoms with van der Waals surface area (Å²) >= 11 is 6.09. The number of carbonyl (C=O) groups excluding carboxylic acids is 2. The Morgan fingerprint density at radius 2 is 1.56 bits per heavy atom. The van der Waals surface area contributed by atoms with E-state index in [0.29, 0.717) is 33.3 Å². The molecule has 3 aromatic rings. The number of nitrogens with zero attached hydrogens (tertiary/aromatic N) is 1. The number of anilines is 2. The Morgan fingerprint density at radius 1 is 0.844 bits per heavy atom. The van der Waals surface area contributed by atoms with E-state index in [2.05, 4.69) is 5.32 Å². The summed E-state index contributed by atoms with van der Waals surface area (Å²) in [5, 5.41) is 3.81. The second-order valence-corrected chi connectivity index (χ2v) is 8.23. The summed E-state index contributed by atoms with van der Waals surface area (Å²) in [6.07, 6.45) is 0. The quantitative estimate of drug-likeness (QED) is 0.513. The summed E-state index contributed by atoms with van der Waals surface area (Å²) in [4.78, 5) is 28.5. The highest BCUT2D eigenvalue weighted by molar-refractivity contribution is 6.46.